The van der Waals surface area contributed by atoms with Gasteiger partial charge in [-0.1, -0.05) is 23.7 Å². The standard InChI is InChI=1S/C24H23ClN2O5/c1-4-7-17-10-16(12-21(31-5-2)23(17)32-14-22(28)29)11-18(13-26)24(30)27-20-9-6-8-19(25)15(20)3/h4,6,8-12H,1,5,7,14H2,2-3H3,(H,27,30)(H,28,29)/b18-11+. The molecule has 1 amide bonds. The number of amides is 1. The lowest BCUT2D eigenvalue weighted by molar-refractivity contribution is -0.139. The highest BCUT2D eigenvalue weighted by Crippen LogP contribution is 2.35. The minimum Gasteiger partial charge on any atom is -0.490 e. The smallest absolute Gasteiger partial charge is 0.341 e. The van der Waals surface area contributed by atoms with Crippen molar-refractivity contribution in [2.45, 2.75) is 20.3 Å². The van der Waals surface area contributed by atoms with Gasteiger partial charge in [-0.05, 0) is 61.7 Å². The second-order valence-electron chi connectivity index (χ2n) is 6.65. The predicted molar refractivity (Wildman–Crippen MR) is 123 cm³/mol. The normalized spacial score (nSPS) is 10.8. The molecule has 0 bridgehead atoms. The fraction of sp³-hybridized carbons (Fsp3) is 0.208. The van der Waals surface area contributed by atoms with Gasteiger partial charge in [0.05, 0.1) is 6.61 Å². The first kappa shape index (κ1) is 24.5. The molecular weight excluding hydrogens is 432 g/mol. The van der Waals surface area contributed by atoms with Crippen molar-refractivity contribution in [3.63, 3.8) is 0 Å². The quantitative estimate of drug-likeness (QED) is 0.303. The van der Waals surface area contributed by atoms with Gasteiger partial charge in [-0.3, -0.25) is 4.79 Å². The maximum atomic E-state index is 12.7. The molecule has 0 unspecified atom stereocenters. The van der Waals surface area contributed by atoms with Crippen LogP contribution < -0.4 is 14.8 Å². The second kappa shape index (κ2) is 11.6. The number of allylic oxidation sites excluding steroid dienone is 1. The van der Waals surface area contributed by atoms with Crippen molar-refractivity contribution in [3.8, 4) is 17.6 Å². The van der Waals surface area contributed by atoms with E-state index in [2.05, 4.69) is 11.9 Å². The molecule has 0 aliphatic heterocycles. The Balaban J connectivity index is 2.45. The van der Waals surface area contributed by atoms with Crippen LogP contribution in [0.5, 0.6) is 11.5 Å². The van der Waals surface area contributed by atoms with Gasteiger partial charge in [0.1, 0.15) is 11.6 Å². The van der Waals surface area contributed by atoms with Gasteiger partial charge in [-0.15, -0.1) is 6.58 Å². The van der Waals surface area contributed by atoms with E-state index < -0.39 is 18.5 Å². The summed E-state index contributed by atoms with van der Waals surface area (Å²) in [5.74, 6) is -1.13. The number of nitrogens with one attached hydrogen (secondary N) is 1. The average molecular weight is 455 g/mol. The largest absolute Gasteiger partial charge is 0.490 e. The van der Waals surface area contributed by atoms with Crippen molar-refractivity contribution in [3.05, 3.63) is 70.3 Å². The highest BCUT2D eigenvalue weighted by Gasteiger charge is 2.16. The van der Waals surface area contributed by atoms with Crippen LogP contribution in [0.25, 0.3) is 6.08 Å². The number of carbonyl (C=O) groups is 2. The Kier molecular flexibility index (Phi) is 8.87. The molecule has 0 aromatic heterocycles. The van der Waals surface area contributed by atoms with Crippen molar-refractivity contribution in [2.75, 3.05) is 18.5 Å². The number of carboxylic acids is 1. The molecule has 32 heavy (non-hydrogen) atoms. The second-order valence-corrected chi connectivity index (χ2v) is 7.06. The lowest BCUT2D eigenvalue weighted by Gasteiger charge is -2.16. The Hall–Kier alpha value is -3.76. The van der Waals surface area contributed by atoms with Gasteiger partial charge >= 0.3 is 5.97 Å². The van der Waals surface area contributed by atoms with Crippen molar-refractivity contribution in [1.29, 1.82) is 5.26 Å². The number of hydrogen-bond acceptors (Lipinski definition) is 5. The van der Waals surface area contributed by atoms with E-state index >= 15 is 0 Å². The van der Waals surface area contributed by atoms with E-state index in [-0.39, 0.29) is 11.3 Å². The molecule has 2 rings (SSSR count). The number of ether oxygens (including phenoxy) is 2. The van der Waals surface area contributed by atoms with Gasteiger partial charge in [-0.25, -0.2) is 4.79 Å². The van der Waals surface area contributed by atoms with E-state index in [0.29, 0.717) is 46.2 Å². The monoisotopic (exact) mass is 454 g/mol. The van der Waals surface area contributed by atoms with E-state index in [1.165, 1.54) is 6.08 Å². The number of carbonyl (C=O) groups excluding carboxylic acids is 1. The predicted octanol–water partition coefficient (Wildman–Crippen LogP) is 4.78. The molecule has 0 aliphatic carbocycles. The zero-order valence-corrected chi connectivity index (χ0v) is 18.5. The zero-order chi connectivity index (χ0) is 23.7. The van der Waals surface area contributed by atoms with E-state index in [9.17, 15) is 14.9 Å². The number of halogens is 1. The van der Waals surface area contributed by atoms with Crippen molar-refractivity contribution in [2.24, 2.45) is 0 Å². The van der Waals surface area contributed by atoms with Crippen LogP contribution in [0.4, 0.5) is 5.69 Å². The van der Waals surface area contributed by atoms with E-state index in [4.69, 9.17) is 26.2 Å². The molecule has 8 heteroatoms. The molecule has 2 N–H and O–H groups in total. The number of nitriles is 1. The maximum absolute atomic E-state index is 12.7. The zero-order valence-electron chi connectivity index (χ0n) is 17.8. The third kappa shape index (κ3) is 6.37. The molecule has 2 aromatic rings. The van der Waals surface area contributed by atoms with Crippen molar-refractivity contribution >= 4 is 35.2 Å². The van der Waals surface area contributed by atoms with Gasteiger partial charge < -0.3 is 19.9 Å². The summed E-state index contributed by atoms with van der Waals surface area (Å²) in [4.78, 5) is 23.6. The molecule has 2 aromatic carbocycles. The van der Waals surface area contributed by atoms with Crippen LogP contribution in [0.3, 0.4) is 0 Å². The minimum absolute atomic E-state index is 0.129. The Labute approximate surface area is 191 Å². The molecule has 166 valence electrons. The summed E-state index contributed by atoms with van der Waals surface area (Å²) in [6.07, 6.45) is 3.42. The SMILES string of the molecule is C=CCc1cc(/C=C(\C#N)C(=O)Nc2cccc(Cl)c2C)cc(OCC)c1OCC(=O)O. The summed E-state index contributed by atoms with van der Waals surface area (Å²) in [6, 6.07) is 10.3. The van der Waals surface area contributed by atoms with Gasteiger partial charge in [0.25, 0.3) is 5.91 Å². The van der Waals surface area contributed by atoms with Gasteiger partial charge in [0.15, 0.2) is 18.1 Å². The van der Waals surface area contributed by atoms with E-state index in [1.54, 1.807) is 50.3 Å². The summed E-state index contributed by atoms with van der Waals surface area (Å²) in [5.41, 5.74) is 2.19. The number of benzene rings is 2. The Morgan fingerprint density at radius 1 is 1.31 bits per heavy atom. The average Bonchev–Trinajstić information content (AvgIpc) is 2.75. The van der Waals surface area contributed by atoms with Gasteiger partial charge in [0, 0.05) is 16.3 Å². The topological polar surface area (TPSA) is 109 Å². The molecule has 0 saturated carbocycles. The Morgan fingerprint density at radius 3 is 2.69 bits per heavy atom. The highest BCUT2D eigenvalue weighted by atomic mass is 35.5. The Morgan fingerprint density at radius 2 is 2.06 bits per heavy atom. The summed E-state index contributed by atoms with van der Waals surface area (Å²) in [7, 11) is 0. The lowest BCUT2D eigenvalue weighted by Crippen LogP contribution is -2.14. The third-order valence-corrected chi connectivity index (χ3v) is 4.76. The van der Waals surface area contributed by atoms with Gasteiger partial charge in [0.2, 0.25) is 0 Å². The number of rotatable bonds is 10. The van der Waals surface area contributed by atoms with Crippen LogP contribution in [-0.2, 0) is 16.0 Å². The van der Waals surface area contributed by atoms with E-state index in [0.717, 1.165) is 0 Å². The van der Waals surface area contributed by atoms with Crippen LogP contribution in [0.2, 0.25) is 5.02 Å². The first-order valence-electron chi connectivity index (χ1n) is 9.74. The highest BCUT2D eigenvalue weighted by molar-refractivity contribution is 6.31. The first-order chi connectivity index (χ1) is 15.3. The molecular formula is C24H23ClN2O5. The molecule has 0 heterocycles. The fourth-order valence-corrected chi connectivity index (χ4v) is 3.06. The summed E-state index contributed by atoms with van der Waals surface area (Å²) in [5, 5.41) is 21.7. The van der Waals surface area contributed by atoms with Crippen molar-refractivity contribution in [1.82, 2.24) is 0 Å². The third-order valence-electron chi connectivity index (χ3n) is 4.35. The van der Waals surface area contributed by atoms with Gasteiger partial charge in [-0.2, -0.15) is 5.26 Å². The van der Waals surface area contributed by atoms with Crippen LogP contribution >= 0.6 is 11.6 Å². The Bertz CT molecular complexity index is 1100. The molecule has 0 spiro atoms. The summed E-state index contributed by atoms with van der Waals surface area (Å²) >= 11 is 6.09. The number of aliphatic carboxylic acids is 1. The van der Waals surface area contributed by atoms with Crippen LogP contribution in [-0.4, -0.2) is 30.2 Å². The van der Waals surface area contributed by atoms with Crippen LogP contribution in [0, 0.1) is 18.3 Å². The maximum Gasteiger partial charge on any atom is 0.341 e. The first-order valence-corrected chi connectivity index (χ1v) is 10.1. The number of carboxylic acid groups (broad SMARTS) is 1. The molecule has 0 atom stereocenters. The molecule has 0 radical (unpaired) electrons. The summed E-state index contributed by atoms with van der Waals surface area (Å²) < 4.78 is 11.0. The van der Waals surface area contributed by atoms with Crippen LogP contribution in [0.1, 0.15) is 23.6 Å². The van der Waals surface area contributed by atoms with Crippen LogP contribution in [0.15, 0.2) is 48.6 Å². The molecule has 0 saturated heterocycles. The number of hydrogen-bond donors (Lipinski definition) is 2. The van der Waals surface area contributed by atoms with E-state index in [1.807, 2.05) is 6.07 Å². The molecule has 7 nitrogen and oxygen atoms in total. The minimum atomic E-state index is -1.12. The summed E-state index contributed by atoms with van der Waals surface area (Å²) in [6.45, 7) is 7.02. The molecule has 0 aliphatic rings. The number of anilines is 1. The fourth-order valence-electron chi connectivity index (χ4n) is 2.88. The lowest BCUT2D eigenvalue weighted by atomic mass is 10.0. The molecule has 0 fully saturated rings. The van der Waals surface area contributed by atoms with Crippen molar-refractivity contribution < 1.29 is 24.2 Å². The number of nitrogens with zero attached hydrogens (tertiary/aromatic N) is 1.